The Kier molecular flexibility index (Phi) is 7.39. The van der Waals surface area contributed by atoms with Crippen LogP contribution in [0.25, 0.3) is 0 Å². The summed E-state index contributed by atoms with van der Waals surface area (Å²) in [4.78, 5) is 0. The van der Waals surface area contributed by atoms with Gasteiger partial charge in [-0.05, 0) is 54.7 Å². The smallest absolute Gasteiger partial charge is 0.164 e. The lowest BCUT2D eigenvalue weighted by Crippen LogP contribution is -2.05. The van der Waals surface area contributed by atoms with Crippen LogP contribution in [0.3, 0.4) is 0 Å². The maximum Gasteiger partial charge on any atom is 0.164 e. The number of nitrogens with one attached hydrogen (secondary N) is 1. The van der Waals surface area contributed by atoms with Crippen LogP contribution in [0.15, 0.2) is 49.1 Å². The third-order valence-corrected chi connectivity index (χ3v) is 4.09. The van der Waals surface area contributed by atoms with Crippen molar-refractivity contribution in [1.29, 1.82) is 0 Å². The van der Waals surface area contributed by atoms with E-state index in [1.165, 1.54) is 5.56 Å². The molecule has 0 aliphatic heterocycles. The quantitative estimate of drug-likeness (QED) is 0.589. The predicted molar refractivity (Wildman–Crippen MR) is 106 cm³/mol. The van der Waals surface area contributed by atoms with Crippen molar-refractivity contribution in [1.82, 2.24) is 0 Å². The highest BCUT2D eigenvalue weighted by Crippen LogP contribution is 2.34. The zero-order valence-electron chi connectivity index (χ0n) is 15.6. The van der Waals surface area contributed by atoms with E-state index in [0.29, 0.717) is 6.61 Å². The first-order chi connectivity index (χ1) is 12.2. The maximum absolute atomic E-state index is 5.91. The van der Waals surface area contributed by atoms with Crippen LogP contribution in [0.4, 0.5) is 5.69 Å². The molecular weight excluding hydrogens is 310 g/mol. The van der Waals surface area contributed by atoms with Gasteiger partial charge in [0.1, 0.15) is 0 Å². The summed E-state index contributed by atoms with van der Waals surface area (Å²) in [6.07, 6.45) is 4.68. The first kappa shape index (κ1) is 18.9. The van der Waals surface area contributed by atoms with Crippen molar-refractivity contribution < 1.29 is 9.47 Å². The molecule has 0 aliphatic carbocycles. The van der Waals surface area contributed by atoms with E-state index in [1.807, 2.05) is 12.1 Å². The molecule has 0 atom stereocenters. The number of aryl methyl sites for hydroxylation is 1. The summed E-state index contributed by atoms with van der Waals surface area (Å²) in [7, 11) is 1.69. The third-order valence-electron chi connectivity index (χ3n) is 4.09. The van der Waals surface area contributed by atoms with E-state index < -0.39 is 0 Å². The fourth-order valence-corrected chi connectivity index (χ4v) is 2.71. The minimum atomic E-state index is 0.682. The molecule has 0 amide bonds. The maximum atomic E-state index is 5.91. The van der Waals surface area contributed by atoms with Gasteiger partial charge in [0.05, 0.1) is 13.7 Å². The zero-order valence-corrected chi connectivity index (χ0v) is 15.6. The summed E-state index contributed by atoms with van der Waals surface area (Å²) in [5.41, 5.74) is 4.74. The Balaban J connectivity index is 2.18. The second-order valence-electron chi connectivity index (χ2n) is 6.03. The number of ether oxygens (including phenoxy) is 2. The van der Waals surface area contributed by atoms with Crippen LogP contribution < -0.4 is 14.8 Å². The average molecular weight is 339 g/mol. The molecule has 3 nitrogen and oxygen atoms in total. The minimum absolute atomic E-state index is 0.682. The molecule has 0 fully saturated rings. The molecule has 0 aromatic heterocycles. The van der Waals surface area contributed by atoms with Gasteiger partial charge in [0, 0.05) is 17.8 Å². The molecule has 0 spiro atoms. The topological polar surface area (TPSA) is 30.5 Å². The van der Waals surface area contributed by atoms with Gasteiger partial charge >= 0.3 is 0 Å². The standard InChI is InChI=1S/C22H29NO2/c1-5-8-19-14-18(15-21(24-4)22(19)25-13-6-2)16-23-20-11-9-17(7-3)10-12-20/h5,9-12,14-15,23H,1,6-8,13,16H2,2-4H3. The summed E-state index contributed by atoms with van der Waals surface area (Å²) in [6.45, 7) is 9.54. The van der Waals surface area contributed by atoms with Gasteiger partial charge < -0.3 is 14.8 Å². The average Bonchev–Trinajstić information content (AvgIpc) is 2.65. The third kappa shape index (κ3) is 5.28. The van der Waals surface area contributed by atoms with E-state index in [2.05, 4.69) is 56.1 Å². The molecule has 0 radical (unpaired) electrons. The highest BCUT2D eigenvalue weighted by molar-refractivity contribution is 5.52. The van der Waals surface area contributed by atoms with Gasteiger partial charge in [-0.25, -0.2) is 0 Å². The van der Waals surface area contributed by atoms with E-state index in [4.69, 9.17) is 9.47 Å². The number of anilines is 1. The molecule has 0 saturated carbocycles. The highest BCUT2D eigenvalue weighted by atomic mass is 16.5. The molecule has 3 heteroatoms. The molecule has 2 aromatic carbocycles. The van der Waals surface area contributed by atoms with Crippen LogP contribution in [-0.2, 0) is 19.4 Å². The Morgan fingerprint density at radius 1 is 1.08 bits per heavy atom. The molecule has 0 bridgehead atoms. The summed E-state index contributed by atoms with van der Waals surface area (Å²) in [5.74, 6) is 1.62. The van der Waals surface area contributed by atoms with Gasteiger partial charge in [-0.15, -0.1) is 6.58 Å². The van der Waals surface area contributed by atoms with Crippen molar-refractivity contribution in [2.75, 3.05) is 19.0 Å². The van der Waals surface area contributed by atoms with Gasteiger partial charge in [-0.2, -0.15) is 0 Å². The molecule has 2 aromatic rings. The Labute approximate surface area is 151 Å². The monoisotopic (exact) mass is 339 g/mol. The van der Waals surface area contributed by atoms with Crippen molar-refractivity contribution in [3.05, 3.63) is 65.7 Å². The number of methoxy groups -OCH3 is 1. The van der Waals surface area contributed by atoms with Gasteiger partial charge in [-0.1, -0.05) is 32.1 Å². The lowest BCUT2D eigenvalue weighted by atomic mass is 10.1. The Hall–Kier alpha value is -2.42. The summed E-state index contributed by atoms with van der Waals surface area (Å²) >= 11 is 0. The van der Waals surface area contributed by atoms with E-state index in [-0.39, 0.29) is 0 Å². The molecular formula is C22H29NO2. The number of hydrogen-bond acceptors (Lipinski definition) is 3. The molecule has 0 heterocycles. The number of rotatable bonds is 10. The van der Waals surface area contributed by atoms with Crippen LogP contribution in [0.1, 0.15) is 37.0 Å². The van der Waals surface area contributed by atoms with Crippen molar-refractivity contribution in [3.63, 3.8) is 0 Å². The van der Waals surface area contributed by atoms with Gasteiger partial charge in [-0.3, -0.25) is 0 Å². The molecule has 134 valence electrons. The van der Waals surface area contributed by atoms with Gasteiger partial charge in [0.2, 0.25) is 0 Å². The molecule has 25 heavy (non-hydrogen) atoms. The number of allylic oxidation sites excluding steroid dienone is 1. The first-order valence-corrected chi connectivity index (χ1v) is 8.98. The normalized spacial score (nSPS) is 10.4. The lowest BCUT2D eigenvalue weighted by Gasteiger charge is -2.17. The predicted octanol–water partition coefficient (Wildman–Crippen LogP) is 5.39. The fourth-order valence-electron chi connectivity index (χ4n) is 2.71. The molecule has 1 N–H and O–H groups in total. The summed E-state index contributed by atoms with van der Waals surface area (Å²) < 4.78 is 11.5. The van der Waals surface area contributed by atoms with Crippen LogP contribution >= 0.6 is 0 Å². The molecule has 0 aliphatic rings. The Morgan fingerprint density at radius 3 is 2.44 bits per heavy atom. The van der Waals surface area contributed by atoms with E-state index in [0.717, 1.165) is 54.1 Å². The van der Waals surface area contributed by atoms with Crippen molar-refractivity contribution in [3.8, 4) is 11.5 Å². The Bertz CT molecular complexity index is 677. The molecule has 0 unspecified atom stereocenters. The van der Waals surface area contributed by atoms with Gasteiger partial charge in [0.25, 0.3) is 0 Å². The van der Waals surface area contributed by atoms with E-state index in [1.54, 1.807) is 7.11 Å². The van der Waals surface area contributed by atoms with Crippen LogP contribution in [0, 0.1) is 0 Å². The van der Waals surface area contributed by atoms with E-state index in [9.17, 15) is 0 Å². The van der Waals surface area contributed by atoms with Crippen LogP contribution in [0.5, 0.6) is 11.5 Å². The zero-order chi connectivity index (χ0) is 18.1. The Morgan fingerprint density at radius 2 is 1.84 bits per heavy atom. The molecule has 2 rings (SSSR count). The molecule has 0 saturated heterocycles. The van der Waals surface area contributed by atoms with Crippen molar-refractivity contribution >= 4 is 5.69 Å². The lowest BCUT2D eigenvalue weighted by molar-refractivity contribution is 0.291. The SMILES string of the molecule is C=CCc1cc(CNc2ccc(CC)cc2)cc(OC)c1OCCC. The summed E-state index contributed by atoms with van der Waals surface area (Å²) in [6, 6.07) is 12.8. The van der Waals surface area contributed by atoms with Crippen LogP contribution in [0.2, 0.25) is 0 Å². The minimum Gasteiger partial charge on any atom is -0.493 e. The summed E-state index contributed by atoms with van der Waals surface area (Å²) in [5, 5.41) is 3.47. The number of benzene rings is 2. The number of hydrogen-bond donors (Lipinski definition) is 1. The highest BCUT2D eigenvalue weighted by Gasteiger charge is 2.12. The van der Waals surface area contributed by atoms with Crippen molar-refractivity contribution in [2.45, 2.75) is 39.7 Å². The second kappa shape index (κ2) is 9.77. The first-order valence-electron chi connectivity index (χ1n) is 8.98. The fraction of sp³-hybridized carbons (Fsp3) is 0.364. The van der Waals surface area contributed by atoms with Gasteiger partial charge in [0.15, 0.2) is 11.5 Å². The second-order valence-corrected chi connectivity index (χ2v) is 6.03. The van der Waals surface area contributed by atoms with Crippen molar-refractivity contribution in [2.24, 2.45) is 0 Å². The van der Waals surface area contributed by atoms with E-state index >= 15 is 0 Å². The largest absolute Gasteiger partial charge is 0.493 e. The van der Waals surface area contributed by atoms with Crippen LogP contribution in [-0.4, -0.2) is 13.7 Å².